The smallest absolute Gasteiger partial charge is 0.313 e. The summed E-state index contributed by atoms with van der Waals surface area (Å²) >= 11 is 0. The fraction of sp³-hybridized carbons (Fsp3) is 1.00. The van der Waals surface area contributed by atoms with Gasteiger partial charge < -0.3 is 5.32 Å². The lowest BCUT2D eigenvalue weighted by Crippen LogP contribution is -2.46. The summed E-state index contributed by atoms with van der Waals surface area (Å²) in [6.45, 7) is 6.98. The Hall–Kier alpha value is -0.290. The molecular formula is C14H27F3N2. The fourth-order valence-corrected chi connectivity index (χ4v) is 2.44. The molecule has 5 heteroatoms. The highest BCUT2D eigenvalue weighted by Gasteiger charge is 2.35. The highest BCUT2D eigenvalue weighted by Crippen LogP contribution is 2.30. The van der Waals surface area contributed by atoms with E-state index in [2.05, 4.69) is 19.2 Å². The highest BCUT2D eigenvalue weighted by molar-refractivity contribution is 4.88. The number of nitrogens with zero attached hydrogens (tertiary/aromatic N) is 1. The van der Waals surface area contributed by atoms with Crippen molar-refractivity contribution in [3.63, 3.8) is 0 Å². The van der Waals surface area contributed by atoms with Crippen molar-refractivity contribution in [2.75, 3.05) is 26.2 Å². The van der Waals surface area contributed by atoms with E-state index < -0.39 is 12.7 Å². The average Bonchev–Trinajstić information content (AvgIpc) is 3.16. The van der Waals surface area contributed by atoms with E-state index in [1.807, 2.05) is 0 Å². The zero-order chi connectivity index (χ0) is 14.5. The summed E-state index contributed by atoms with van der Waals surface area (Å²) in [6.07, 6.45) is 0.148. The van der Waals surface area contributed by atoms with Crippen molar-refractivity contribution in [1.29, 1.82) is 0 Å². The lowest BCUT2D eigenvalue weighted by Gasteiger charge is -2.37. The Morgan fingerprint density at radius 3 is 2.00 bits per heavy atom. The molecule has 0 heterocycles. The van der Waals surface area contributed by atoms with Crippen LogP contribution in [0.25, 0.3) is 0 Å². The second-order valence-electron chi connectivity index (χ2n) is 5.78. The maximum Gasteiger partial charge on any atom is 0.401 e. The molecule has 19 heavy (non-hydrogen) atoms. The van der Waals surface area contributed by atoms with Crippen molar-refractivity contribution in [2.24, 2.45) is 5.41 Å². The Kier molecular flexibility index (Phi) is 6.12. The molecule has 0 aliphatic heterocycles. The van der Waals surface area contributed by atoms with E-state index in [4.69, 9.17) is 0 Å². The van der Waals surface area contributed by atoms with Gasteiger partial charge in [0.25, 0.3) is 0 Å². The molecule has 0 radical (unpaired) electrons. The Morgan fingerprint density at radius 1 is 1.05 bits per heavy atom. The zero-order valence-corrected chi connectivity index (χ0v) is 12.3. The van der Waals surface area contributed by atoms with Gasteiger partial charge in [0.2, 0.25) is 0 Å². The van der Waals surface area contributed by atoms with Gasteiger partial charge in [-0.15, -0.1) is 0 Å². The van der Waals surface area contributed by atoms with E-state index in [1.54, 1.807) is 6.92 Å². The van der Waals surface area contributed by atoms with Gasteiger partial charge in [0.1, 0.15) is 0 Å². The third kappa shape index (κ3) is 6.13. The number of halogens is 3. The normalized spacial score (nSPS) is 17.2. The number of alkyl halides is 3. The van der Waals surface area contributed by atoms with Crippen molar-refractivity contribution >= 4 is 0 Å². The molecule has 1 rings (SSSR count). The second kappa shape index (κ2) is 6.93. The first kappa shape index (κ1) is 16.8. The number of nitrogens with one attached hydrogen (secondary N) is 1. The molecule has 1 fully saturated rings. The summed E-state index contributed by atoms with van der Waals surface area (Å²) in [5, 5.41) is 3.48. The summed E-state index contributed by atoms with van der Waals surface area (Å²) in [6, 6.07) is 0.607. The van der Waals surface area contributed by atoms with Crippen LogP contribution in [-0.4, -0.2) is 43.3 Å². The van der Waals surface area contributed by atoms with Crippen LogP contribution in [0.1, 0.15) is 46.5 Å². The monoisotopic (exact) mass is 280 g/mol. The van der Waals surface area contributed by atoms with Gasteiger partial charge in [-0.1, -0.05) is 20.8 Å². The van der Waals surface area contributed by atoms with E-state index in [0.717, 1.165) is 19.4 Å². The Morgan fingerprint density at radius 2 is 1.63 bits per heavy atom. The lowest BCUT2D eigenvalue weighted by molar-refractivity contribution is -0.148. The van der Waals surface area contributed by atoms with Crippen LogP contribution in [0.2, 0.25) is 0 Å². The highest BCUT2D eigenvalue weighted by atomic mass is 19.4. The van der Waals surface area contributed by atoms with E-state index in [-0.39, 0.29) is 5.41 Å². The molecule has 0 bridgehead atoms. The van der Waals surface area contributed by atoms with Crippen LogP contribution >= 0.6 is 0 Å². The molecule has 0 atom stereocenters. The molecule has 0 aromatic heterocycles. The van der Waals surface area contributed by atoms with Crippen molar-refractivity contribution < 1.29 is 13.2 Å². The van der Waals surface area contributed by atoms with Crippen LogP contribution in [0.15, 0.2) is 0 Å². The standard InChI is InChI=1S/C14H27F3N2/c1-4-13(5-2,9-18-12-7-8-12)10-19(6-3)11-14(15,16)17/h12,18H,4-11H2,1-3H3. The Bertz CT molecular complexity index is 258. The predicted octanol–water partition coefficient (Wildman–Crippen LogP) is 3.43. The molecule has 0 spiro atoms. The summed E-state index contributed by atoms with van der Waals surface area (Å²) in [5.41, 5.74) is -0.0378. The minimum atomic E-state index is -4.10. The minimum absolute atomic E-state index is 0.0378. The third-order valence-corrected chi connectivity index (χ3v) is 4.25. The van der Waals surface area contributed by atoms with Gasteiger partial charge in [0.15, 0.2) is 0 Å². The Balaban J connectivity index is 2.57. The molecule has 2 nitrogen and oxygen atoms in total. The molecule has 114 valence electrons. The molecule has 1 saturated carbocycles. The van der Waals surface area contributed by atoms with Crippen molar-refractivity contribution in [2.45, 2.75) is 58.7 Å². The van der Waals surface area contributed by atoms with Crippen molar-refractivity contribution in [3.05, 3.63) is 0 Å². The van der Waals surface area contributed by atoms with Crippen LogP contribution in [0.3, 0.4) is 0 Å². The molecule has 1 aliphatic carbocycles. The van der Waals surface area contributed by atoms with E-state index in [1.165, 1.54) is 17.7 Å². The summed E-state index contributed by atoms with van der Waals surface area (Å²) in [4.78, 5) is 1.53. The van der Waals surface area contributed by atoms with Gasteiger partial charge in [-0.3, -0.25) is 4.90 Å². The maximum atomic E-state index is 12.5. The maximum absolute atomic E-state index is 12.5. The first-order valence-corrected chi connectivity index (χ1v) is 7.36. The first-order chi connectivity index (χ1) is 8.84. The first-order valence-electron chi connectivity index (χ1n) is 7.36. The van der Waals surface area contributed by atoms with Gasteiger partial charge in [-0.05, 0) is 37.6 Å². The van der Waals surface area contributed by atoms with Crippen LogP contribution in [-0.2, 0) is 0 Å². The van der Waals surface area contributed by atoms with Crippen LogP contribution in [0.4, 0.5) is 13.2 Å². The summed E-state index contributed by atoms with van der Waals surface area (Å²) < 4.78 is 37.6. The van der Waals surface area contributed by atoms with E-state index in [9.17, 15) is 13.2 Å². The Labute approximate surface area is 114 Å². The fourth-order valence-electron chi connectivity index (χ4n) is 2.44. The summed E-state index contributed by atoms with van der Waals surface area (Å²) in [5.74, 6) is 0. The molecule has 0 aromatic rings. The van der Waals surface area contributed by atoms with Crippen LogP contribution in [0, 0.1) is 5.41 Å². The minimum Gasteiger partial charge on any atom is -0.313 e. The molecule has 1 N–H and O–H groups in total. The van der Waals surface area contributed by atoms with Crippen molar-refractivity contribution in [3.8, 4) is 0 Å². The largest absolute Gasteiger partial charge is 0.401 e. The molecule has 0 aromatic carbocycles. The molecule has 0 unspecified atom stereocenters. The number of hydrogen-bond acceptors (Lipinski definition) is 2. The molecule has 0 saturated heterocycles. The van der Waals surface area contributed by atoms with E-state index in [0.29, 0.717) is 19.1 Å². The van der Waals surface area contributed by atoms with Gasteiger partial charge in [0, 0.05) is 19.1 Å². The van der Waals surface area contributed by atoms with Gasteiger partial charge in [-0.2, -0.15) is 13.2 Å². The number of rotatable bonds is 9. The quantitative estimate of drug-likeness (QED) is 0.696. The van der Waals surface area contributed by atoms with Crippen LogP contribution in [0.5, 0.6) is 0 Å². The topological polar surface area (TPSA) is 15.3 Å². The average molecular weight is 280 g/mol. The predicted molar refractivity (Wildman–Crippen MR) is 72.2 cm³/mol. The van der Waals surface area contributed by atoms with Gasteiger partial charge in [0.05, 0.1) is 6.54 Å². The second-order valence-corrected chi connectivity index (χ2v) is 5.78. The summed E-state index contributed by atoms with van der Waals surface area (Å²) in [7, 11) is 0. The van der Waals surface area contributed by atoms with E-state index >= 15 is 0 Å². The van der Waals surface area contributed by atoms with Gasteiger partial charge >= 0.3 is 6.18 Å². The molecular weight excluding hydrogens is 253 g/mol. The molecule has 0 amide bonds. The zero-order valence-electron chi connectivity index (χ0n) is 12.3. The van der Waals surface area contributed by atoms with Crippen LogP contribution < -0.4 is 5.32 Å². The van der Waals surface area contributed by atoms with Gasteiger partial charge in [-0.25, -0.2) is 0 Å². The van der Waals surface area contributed by atoms with Crippen molar-refractivity contribution in [1.82, 2.24) is 10.2 Å². The SMILES string of the molecule is CCN(CC(F)(F)F)CC(CC)(CC)CNC1CC1. The third-order valence-electron chi connectivity index (χ3n) is 4.25. The number of hydrogen-bond donors (Lipinski definition) is 1. The molecule has 1 aliphatic rings. The lowest BCUT2D eigenvalue weighted by atomic mass is 9.81.